The number of hydrogen-bond donors (Lipinski definition) is 4. The van der Waals surface area contributed by atoms with Crippen LogP contribution in [0.5, 0.6) is 5.75 Å². The number of unbranched alkanes of at least 4 members (excludes halogenated alkanes) is 1. The van der Waals surface area contributed by atoms with E-state index in [1.54, 1.807) is 6.07 Å². The number of ether oxygens (including phenoxy) is 1. The zero-order chi connectivity index (χ0) is 32.5. The molecule has 11 nitrogen and oxygen atoms in total. The second-order valence-electron chi connectivity index (χ2n) is 10.1. The third-order valence-electron chi connectivity index (χ3n) is 6.75. The van der Waals surface area contributed by atoms with Crippen LogP contribution < -0.4 is 20.7 Å². The second-order valence-corrected chi connectivity index (χ2v) is 12.2. The van der Waals surface area contributed by atoms with Crippen molar-refractivity contribution in [2.24, 2.45) is 5.73 Å². The van der Waals surface area contributed by atoms with E-state index < -0.39 is 11.8 Å². The predicted octanol–water partition coefficient (Wildman–Crippen LogP) is 5.66. The standard InChI is InChI=1S/C32H32FN7O4S2/c1-20-18-27(38-39-29(20)37-31-35-23-9-2-3-10-25(23)45-31)40(15-4-5-16-41)32-36-28(30(42)43)26(46-32)11-7-17-44-24-13-12-21(8-6-14-34)19-22(24)33/h2-3,9-10,12-13,18-19,41H,4-5,7,11,14-17,34H2,1H3,(H,42,43)(H,35,37,39). The van der Waals surface area contributed by atoms with Gasteiger partial charge in [-0.3, -0.25) is 0 Å². The van der Waals surface area contributed by atoms with E-state index in [0.717, 1.165) is 15.8 Å². The van der Waals surface area contributed by atoms with Gasteiger partial charge in [-0.1, -0.05) is 35.3 Å². The van der Waals surface area contributed by atoms with Crippen molar-refractivity contribution in [2.45, 2.75) is 32.6 Å². The Morgan fingerprint density at radius 1 is 1.11 bits per heavy atom. The molecule has 0 fully saturated rings. The molecule has 0 unspecified atom stereocenters. The van der Waals surface area contributed by atoms with E-state index >= 15 is 0 Å². The summed E-state index contributed by atoms with van der Waals surface area (Å²) in [5.41, 5.74) is 7.52. The van der Waals surface area contributed by atoms with Crippen LogP contribution in [0.1, 0.15) is 45.8 Å². The fraction of sp³-hybridized carbons (Fsp3) is 0.281. The first kappa shape index (κ1) is 32.7. The number of nitrogens with one attached hydrogen (secondary N) is 1. The highest BCUT2D eigenvalue weighted by Gasteiger charge is 2.23. The van der Waals surface area contributed by atoms with Gasteiger partial charge < -0.3 is 30.9 Å². The maximum absolute atomic E-state index is 14.4. The van der Waals surface area contributed by atoms with Crippen molar-refractivity contribution in [3.05, 3.63) is 76.0 Å². The number of rotatable bonds is 14. The van der Waals surface area contributed by atoms with Gasteiger partial charge in [0.15, 0.2) is 39.2 Å². The number of aryl methyl sites for hydroxylation is 2. The number of carboxylic acids is 1. The number of carbonyl (C=O) groups is 1. The van der Waals surface area contributed by atoms with Crippen molar-refractivity contribution in [1.29, 1.82) is 0 Å². The quantitative estimate of drug-likeness (QED) is 0.0859. The van der Waals surface area contributed by atoms with Crippen LogP contribution >= 0.6 is 22.7 Å². The van der Waals surface area contributed by atoms with E-state index in [4.69, 9.17) is 10.5 Å². The lowest BCUT2D eigenvalue weighted by Gasteiger charge is -2.21. The molecule has 46 heavy (non-hydrogen) atoms. The predicted molar refractivity (Wildman–Crippen MR) is 178 cm³/mol. The minimum absolute atomic E-state index is 0.0253. The Kier molecular flexibility index (Phi) is 11.1. The van der Waals surface area contributed by atoms with Crippen LogP contribution in [0.4, 0.5) is 26.3 Å². The van der Waals surface area contributed by atoms with Gasteiger partial charge in [0, 0.05) is 23.6 Å². The smallest absolute Gasteiger partial charge is 0.355 e. The molecule has 0 aliphatic rings. The van der Waals surface area contributed by atoms with Crippen LogP contribution in [0.25, 0.3) is 10.2 Å². The zero-order valence-electron chi connectivity index (χ0n) is 25.0. The van der Waals surface area contributed by atoms with Gasteiger partial charge in [-0.15, -0.1) is 21.5 Å². The summed E-state index contributed by atoms with van der Waals surface area (Å²) in [5, 5.41) is 32.6. The van der Waals surface area contributed by atoms with Gasteiger partial charge in [-0.05, 0) is 74.6 Å². The number of nitrogens with zero attached hydrogens (tertiary/aromatic N) is 5. The number of aromatic carboxylic acids is 1. The van der Waals surface area contributed by atoms with Crippen molar-refractivity contribution >= 4 is 60.8 Å². The molecule has 14 heteroatoms. The number of aliphatic hydroxyl groups is 1. The van der Waals surface area contributed by atoms with E-state index in [2.05, 4.69) is 37.3 Å². The highest BCUT2D eigenvalue weighted by Crippen LogP contribution is 2.34. The molecule has 0 amide bonds. The minimum atomic E-state index is -1.15. The lowest BCUT2D eigenvalue weighted by Crippen LogP contribution is -2.21. The molecule has 2 aromatic carbocycles. The molecule has 3 aromatic heterocycles. The van der Waals surface area contributed by atoms with E-state index in [1.807, 2.05) is 42.2 Å². The summed E-state index contributed by atoms with van der Waals surface area (Å²) in [6.07, 6.45) is 1.97. The number of benzene rings is 2. The third-order valence-corrected chi connectivity index (χ3v) is 8.84. The summed E-state index contributed by atoms with van der Waals surface area (Å²) < 4.78 is 21.1. The summed E-state index contributed by atoms with van der Waals surface area (Å²) in [5.74, 6) is 4.92. The lowest BCUT2D eigenvalue weighted by molar-refractivity contribution is 0.0690. The van der Waals surface area contributed by atoms with Crippen LogP contribution in [0.2, 0.25) is 0 Å². The first-order chi connectivity index (χ1) is 22.4. The summed E-state index contributed by atoms with van der Waals surface area (Å²) in [4.78, 5) is 23.6. The molecule has 5 aromatic rings. The monoisotopic (exact) mass is 661 g/mol. The summed E-state index contributed by atoms with van der Waals surface area (Å²) in [6, 6.07) is 14.2. The Bertz CT molecular complexity index is 1850. The van der Waals surface area contributed by atoms with E-state index in [9.17, 15) is 19.4 Å². The highest BCUT2D eigenvalue weighted by atomic mass is 32.1. The number of aliphatic hydroxyl groups excluding tert-OH is 1. The Hall–Kier alpha value is -4.68. The van der Waals surface area contributed by atoms with Crippen molar-refractivity contribution in [1.82, 2.24) is 20.2 Å². The molecule has 0 radical (unpaired) electrons. The average molecular weight is 662 g/mol. The van der Waals surface area contributed by atoms with Gasteiger partial charge in [0.1, 0.15) is 0 Å². The summed E-state index contributed by atoms with van der Waals surface area (Å²) in [7, 11) is 0. The maximum atomic E-state index is 14.4. The normalized spacial score (nSPS) is 10.9. The largest absolute Gasteiger partial charge is 0.491 e. The average Bonchev–Trinajstić information content (AvgIpc) is 3.66. The van der Waals surface area contributed by atoms with E-state index in [-0.39, 0.29) is 31.2 Å². The third kappa shape index (κ3) is 8.12. The molecular weight excluding hydrogens is 630 g/mol. The first-order valence-electron chi connectivity index (χ1n) is 14.6. The Labute approximate surface area is 272 Å². The lowest BCUT2D eigenvalue weighted by atomic mass is 10.2. The Morgan fingerprint density at radius 3 is 2.70 bits per heavy atom. The van der Waals surface area contributed by atoms with Crippen LogP contribution in [0.15, 0.2) is 48.5 Å². The van der Waals surface area contributed by atoms with Gasteiger partial charge >= 0.3 is 5.97 Å². The van der Waals surface area contributed by atoms with Crippen molar-refractivity contribution in [3.8, 4) is 17.6 Å². The Balaban J connectivity index is 1.31. The highest BCUT2D eigenvalue weighted by molar-refractivity contribution is 7.22. The number of para-hydroxylation sites is 1. The van der Waals surface area contributed by atoms with Crippen molar-refractivity contribution in [3.63, 3.8) is 0 Å². The number of carboxylic acid groups (broad SMARTS) is 1. The minimum Gasteiger partial charge on any atom is -0.491 e. The molecule has 0 spiro atoms. The molecule has 0 aliphatic heterocycles. The molecule has 5 rings (SSSR count). The SMILES string of the molecule is Cc1cc(N(CCCCO)c2nc(C(=O)O)c(CCCOc3ccc(C#CCN)cc3F)s2)nnc1Nc1nc2ccccc2s1. The Morgan fingerprint density at radius 2 is 1.96 bits per heavy atom. The van der Waals surface area contributed by atoms with Gasteiger partial charge in [0.25, 0.3) is 0 Å². The van der Waals surface area contributed by atoms with E-state index in [1.165, 1.54) is 34.8 Å². The molecule has 0 saturated carbocycles. The number of anilines is 4. The fourth-order valence-electron chi connectivity index (χ4n) is 4.50. The molecule has 0 aliphatic carbocycles. The van der Waals surface area contributed by atoms with Crippen LogP contribution in [0, 0.1) is 24.6 Å². The van der Waals surface area contributed by atoms with Gasteiger partial charge in [-0.2, -0.15) is 0 Å². The first-order valence-corrected chi connectivity index (χ1v) is 16.2. The molecule has 0 saturated heterocycles. The molecule has 3 heterocycles. The van der Waals surface area contributed by atoms with Gasteiger partial charge in [0.2, 0.25) is 0 Å². The number of hydrogen-bond acceptors (Lipinski definition) is 12. The number of thiazole rings is 2. The topological polar surface area (TPSA) is 160 Å². The van der Waals surface area contributed by atoms with Crippen LogP contribution in [-0.2, 0) is 6.42 Å². The zero-order valence-corrected chi connectivity index (χ0v) is 26.6. The van der Waals surface area contributed by atoms with E-state index in [0.29, 0.717) is 64.6 Å². The molecule has 5 N–H and O–H groups in total. The molecular formula is C32H32FN7O4S2. The second kappa shape index (κ2) is 15.5. The number of halogens is 1. The molecule has 238 valence electrons. The molecule has 0 atom stereocenters. The maximum Gasteiger partial charge on any atom is 0.355 e. The summed E-state index contributed by atoms with van der Waals surface area (Å²) in [6.45, 7) is 2.72. The van der Waals surface area contributed by atoms with Crippen molar-refractivity contribution in [2.75, 3.05) is 36.5 Å². The summed E-state index contributed by atoms with van der Waals surface area (Å²) >= 11 is 2.76. The fourth-order valence-corrected chi connectivity index (χ4v) is 6.49. The van der Waals surface area contributed by atoms with Gasteiger partial charge in [-0.25, -0.2) is 19.2 Å². The van der Waals surface area contributed by atoms with Crippen LogP contribution in [-0.4, -0.2) is 62.7 Å². The van der Waals surface area contributed by atoms with Gasteiger partial charge in [0.05, 0.1) is 23.4 Å². The molecule has 0 bridgehead atoms. The number of fused-ring (bicyclic) bond motifs is 1. The van der Waals surface area contributed by atoms with Crippen molar-refractivity contribution < 1.29 is 24.1 Å². The number of nitrogens with two attached hydrogens (primary N) is 1. The van der Waals surface area contributed by atoms with Crippen LogP contribution in [0.3, 0.4) is 0 Å². The number of aromatic nitrogens is 4.